The summed E-state index contributed by atoms with van der Waals surface area (Å²) in [5.74, 6) is 0.205. The van der Waals surface area contributed by atoms with Crippen LogP contribution in [0.2, 0.25) is 0 Å². The van der Waals surface area contributed by atoms with Crippen molar-refractivity contribution in [3.63, 3.8) is 0 Å². The number of carbonyl (C=O) groups is 1. The number of nitrogens with zero attached hydrogens (tertiary/aromatic N) is 1. The molecule has 1 aliphatic carbocycles. The smallest absolute Gasteiger partial charge is 0.321 e. The molecule has 1 aromatic carbocycles. The quantitative estimate of drug-likeness (QED) is 0.805. The monoisotopic (exact) mass is 274 g/mol. The number of anilines is 1. The molecule has 0 radical (unpaired) electrons. The molecule has 6 heteroatoms. The van der Waals surface area contributed by atoms with E-state index in [0.29, 0.717) is 5.82 Å². The topological polar surface area (TPSA) is 69.8 Å². The maximum atomic E-state index is 12.9. The van der Waals surface area contributed by atoms with Crippen molar-refractivity contribution in [2.45, 2.75) is 25.3 Å². The largest absolute Gasteiger partial charge is 0.328 e. The van der Waals surface area contributed by atoms with Crippen LogP contribution in [0.4, 0.5) is 15.0 Å². The van der Waals surface area contributed by atoms with Crippen molar-refractivity contribution >= 4 is 11.8 Å². The summed E-state index contributed by atoms with van der Waals surface area (Å²) in [5, 5.41) is 12.3. The van der Waals surface area contributed by atoms with Gasteiger partial charge in [0.15, 0.2) is 5.82 Å². The minimum atomic E-state index is -0.372. The number of benzene rings is 1. The molecule has 2 amide bonds. The van der Waals surface area contributed by atoms with Crippen molar-refractivity contribution in [1.82, 2.24) is 15.5 Å². The molecule has 1 fully saturated rings. The van der Waals surface area contributed by atoms with Crippen LogP contribution in [-0.4, -0.2) is 16.2 Å². The van der Waals surface area contributed by atoms with Gasteiger partial charge in [-0.1, -0.05) is 12.1 Å². The minimum absolute atomic E-state index is 0.277. The van der Waals surface area contributed by atoms with Crippen molar-refractivity contribution in [2.75, 3.05) is 5.32 Å². The first-order valence-electron chi connectivity index (χ1n) is 6.45. The van der Waals surface area contributed by atoms with Crippen LogP contribution in [0, 0.1) is 12.7 Å². The summed E-state index contributed by atoms with van der Waals surface area (Å²) >= 11 is 0. The predicted molar refractivity (Wildman–Crippen MR) is 72.8 cm³/mol. The molecule has 20 heavy (non-hydrogen) atoms. The van der Waals surface area contributed by atoms with Gasteiger partial charge in [0.25, 0.3) is 0 Å². The molecule has 0 spiro atoms. The average Bonchev–Trinajstić information content (AvgIpc) is 3.06. The van der Waals surface area contributed by atoms with Gasteiger partial charge in [-0.3, -0.25) is 10.4 Å². The highest BCUT2D eigenvalue weighted by atomic mass is 19.1. The van der Waals surface area contributed by atoms with Gasteiger partial charge in [0.2, 0.25) is 0 Å². The number of amides is 2. The van der Waals surface area contributed by atoms with Crippen LogP contribution in [0.1, 0.15) is 24.1 Å². The third kappa shape index (κ3) is 2.49. The number of halogens is 1. The Balaban J connectivity index is 1.67. The Bertz CT molecular complexity index is 631. The highest BCUT2D eigenvalue weighted by Crippen LogP contribution is 2.45. The van der Waals surface area contributed by atoms with Gasteiger partial charge >= 0.3 is 6.03 Å². The van der Waals surface area contributed by atoms with Gasteiger partial charge in [-0.25, -0.2) is 9.18 Å². The van der Waals surface area contributed by atoms with Gasteiger partial charge in [0, 0.05) is 11.8 Å². The molecule has 1 heterocycles. The van der Waals surface area contributed by atoms with Gasteiger partial charge in [0.1, 0.15) is 5.82 Å². The van der Waals surface area contributed by atoms with Crippen LogP contribution in [0.25, 0.3) is 0 Å². The lowest BCUT2D eigenvalue weighted by Gasteiger charge is -2.17. The van der Waals surface area contributed by atoms with Crippen LogP contribution in [-0.2, 0) is 5.54 Å². The lowest BCUT2D eigenvalue weighted by atomic mass is 10.1. The SMILES string of the molecule is Cc1cc(NC(=O)NC2(c3ccc(F)cc3)CC2)n[nH]1. The van der Waals surface area contributed by atoms with E-state index in [0.717, 1.165) is 24.1 Å². The van der Waals surface area contributed by atoms with Crippen molar-refractivity contribution in [3.05, 3.63) is 47.4 Å². The number of aryl methyl sites for hydroxylation is 1. The molecule has 1 aliphatic rings. The average molecular weight is 274 g/mol. The van der Waals surface area contributed by atoms with Crippen LogP contribution in [0.5, 0.6) is 0 Å². The summed E-state index contributed by atoms with van der Waals surface area (Å²) in [6.07, 6.45) is 1.71. The first-order chi connectivity index (χ1) is 9.57. The fraction of sp³-hybridized carbons (Fsp3) is 0.286. The fourth-order valence-electron chi connectivity index (χ4n) is 2.23. The fourth-order valence-corrected chi connectivity index (χ4v) is 2.23. The zero-order chi connectivity index (χ0) is 14.2. The number of carbonyl (C=O) groups excluding carboxylic acids is 1. The number of hydrogen-bond acceptors (Lipinski definition) is 2. The number of aromatic nitrogens is 2. The molecule has 3 N–H and O–H groups in total. The van der Waals surface area contributed by atoms with E-state index in [4.69, 9.17) is 0 Å². The minimum Gasteiger partial charge on any atom is -0.328 e. The molecule has 1 aromatic heterocycles. The Hall–Kier alpha value is -2.37. The van der Waals surface area contributed by atoms with E-state index in [1.807, 2.05) is 6.92 Å². The lowest BCUT2D eigenvalue weighted by Crippen LogP contribution is -2.38. The number of aromatic amines is 1. The van der Waals surface area contributed by atoms with E-state index in [1.54, 1.807) is 18.2 Å². The van der Waals surface area contributed by atoms with E-state index in [2.05, 4.69) is 20.8 Å². The maximum absolute atomic E-state index is 12.9. The molecule has 0 bridgehead atoms. The molecule has 0 atom stereocenters. The first kappa shape index (κ1) is 12.7. The third-order valence-corrected chi connectivity index (χ3v) is 3.45. The third-order valence-electron chi connectivity index (χ3n) is 3.45. The van der Waals surface area contributed by atoms with E-state index < -0.39 is 0 Å². The van der Waals surface area contributed by atoms with Crippen LogP contribution >= 0.6 is 0 Å². The van der Waals surface area contributed by atoms with Gasteiger partial charge < -0.3 is 5.32 Å². The summed E-state index contributed by atoms with van der Waals surface area (Å²) in [6.45, 7) is 1.86. The standard InChI is InChI=1S/C14H15FN4O/c1-9-8-12(19-18-9)16-13(20)17-14(6-7-14)10-2-4-11(15)5-3-10/h2-5,8H,6-7H2,1H3,(H3,16,17,18,19,20). The highest BCUT2D eigenvalue weighted by molar-refractivity contribution is 5.89. The molecule has 104 valence electrons. The Labute approximate surface area is 115 Å². The van der Waals surface area contributed by atoms with Gasteiger partial charge in [-0.2, -0.15) is 5.10 Å². The molecule has 1 saturated carbocycles. The second kappa shape index (κ2) is 4.63. The molecule has 5 nitrogen and oxygen atoms in total. The molecule has 0 aliphatic heterocycles. The first-order valence-corrected chi connectivity index (χ1v) is 6.45. The molecule has 0 unspecified atom stereocenters. The Kier molecular flexibility index (Phi) is 2.93. The second-order valence-electron chi connectivity index (χ2n) is 5.10. The van der Waals surface area contributed by atoms with Crippen molar-refractivity contribution in [2.24, 2.45) is 0 Å². The number of rotatable bonds is 3. The second-order valence-corrected chi connectivity index (χ2v) is 5.10. The normalized spacial score (nSPS) is 15.7. The van der Waals surface area contributed by atoms with Gasteiger partial charge in [0.05, 0.1) is 5.54 Å². The van der Waals surface area contributed by atoms with Gasteiger partial charge in [-0.15, -0.1) is 0 Å². The van der Waals surface area contributed by atoms with E-state index >= 15 is 0 Å². The molecular formula is C14H15FN4O. The van der Waals surface area contributed by atoms with E-state index in [1.165, 1.54) is 12.1 Å². The zero-order valence-electron chi connectivity index (χ0n) is 11.0. The van der Waals surface area contributed by atoms with Crippen LogP contribution in [0.3, 0.4) is 0 Å². The molecule has 0 saturated heterocycles. The molecular weight excluding hydrogens is 259 g/mol. The van der Waals surface area contributed by atoms with Gasteiger partial charge in [-0.05, 0) is 37.5 Å². The summed E-state index contributed by atoms with van der Waals surface area (Å²) in [5.41, 5.74) is 1.43. The van der Waals surface area contributed by atoms with Crippen LogP contribution < -0.4 is 10.6 Å². The Morgan fingerprint density at radius 3 is 2.60 bits per heavy atom. The summed E-state index contributed by atoms with van der Waals surface area (Å²) in [6, 6.07) is 7.68. The molecule has 2 aromatic rings. The summed E-state index contributed by atoms with van der Waals surface area (Å²) in [4.78, 5) is 12.0. The van der Waals surface area contributed by atoms with E-state index in [9.17, 15) is 9.18 Å². The van der Waals surface area contributed by atoms with Crippen molar-refractivity contribution in [3.8, 4) is 0 Å². The Morgan fingerprint density at radius 1 is 1.35 bits per heavy atom. The predicted octanol–water partition coefficient (Wildman–Crippen LogP) is 2.67. The summed E-state index contributed by atoms with van der Waals surface area (Å²) in [7, 11) is 0. The number of hydrogen-bond donors (Lipinski definition) is 3. The van der Waals surface area contributed by atoms with Crippen LogP contribution in [0.15, 0.2) is 30.3 Å². The summed E-state index contributed by atoms with van der Waals surface area (Å²) < 4.78 is 12.9. The van der Waals surface area contributed by atoms with E-state index in [-0.39, 0.29) is 17.4 Å². The Morgan fingerprint density at radius 2 is 2.05 bits per heavy atom. The maximum Gasteiger partial charge on any atom is 0.321 e. The molecule has 3 rings (SSSR count). The number of nitrogens with one attached hydrogen (secondary N) is 3. The van der Waals surface area contributed by atoms with Crippen molar-refractivity contribution in [1.29, 1.82) is 0 Å². The lowest BCUT2D eigenvalue weighted by molar-refractivity contribution is 0.247. The number of urea groups is 1. The zero-order valence-corrected chi connectivity index (χ0v) is 11.0. The number of H-pyrrole nitrogens is 1. The van der Waals surface area contributed by atoms with Crippen molar-refractivity contribution < 1.29 is 9.18 Å². The highest BCUT2D eigenvalue weighted by Gasteiger charge is 2.45.